The van der Waals surface area contributed by atoms with Gasteiger partial charge in [0.15, 0.2) is 0 Å². The molecule has 152 valence electrons. The Balaban J connectivity index is 1.28. The molecule has 0 bridgehead atoms. The van der Waals surface area contributed by atoms with Crippen molar-refractivity contribution in [2.75, 3.05) is 37.6 Å². The molecule has 0 aliphatic carbocycles. The lowest BCUT2D eigenvalue weighted by atomic mass is 10.0. The SMILES string of the molecule is Cc1ccc2[nH]c(=O)cc(CCN3CCN(c4cccc5ccccc45)CC3)c2c1. The first kappa shape index (κ1) is 18.9. The third kappa shape index (κ3) is 3.71. The second-order valence-corrected chi connectivity index (χ2v) is 8.28. The standard InChI is InChI=1S/C26H27N3O/c1-19-9-10-24-23(17-19)21(18-26(30)27-24)11-12-28-13-15-29(16-14-28)25-8-4-6-20-5-2-3-7-22(20)25/h2-10,17-18H,11-16H2,1H3,(H,27,30). The molecule has 4 aromatic rings. The molecule has 1 N–H and O–H groups in total. The Morgan fingerprint density at radius 3 is 2.53 bits per heavy atom. The van der Waals surface area contributed by atoms with Crippen LogP contribution in [-0.4, -0.2) is 42.6 Å². The topological polar surface area (TPSA) is 39.3 Å². The lowest BCUT2D eigenvalue weighted by Crippen LogP contribution is -2.47. The van der Waals surface area contributed by atoms with E-state index in [1.807, 2.05) is 6.07 Å². The molecule has 0 unspecified atom stereocenters. The van der Waals surface area contributed by atoms with Gasteiger partial charge in [0.2, 0.25) is 5.56 Å². The van der Waals surface area contributed by atoms with Crippen molar-refractivity contribution in [3.8, 4) is 0 Å². The fraction of sp³-hybridized carbons (Fsp3) is 0.269. The van der Waals surface area contributed by atoms with Crippen LogP contribution in [0.5, 0.6) is 0 Å². The first-order valence-electron chi connectivity index (χ1n) is 10.7. The summed E-state index contributed by atoms with van der Waals surface area (Å²) in [5, 5.41) is 3.80. The van der Waals surface area contributed by atoms with E-state index >= 15 is 0 Å². The van der Waals surface area contributed by atoms with E-state index in [1.165, 1.54) is 27.4 Å². The molecule has 1 aliphatic heterocycles. The van der Waals surface area contributed by atoms with Crippen LogP contribution in [0.1, 0.15) is 11.1 Å². The van der Waals surface area contributed by atoms with Crippen LogP contribution in [0.25, 0.3) is 21.7 Å². The molecular weight excluding hydrogens is 370 g/mol. The number of hydrogen-bond acceptors (Lipinski definition) is 3. The molecule has 4 heteroatoms. The van der Waals surface area contributed by atoms with Gasteiger partial charge in [-0.05, 0) is 42.5 Å². The lowest BCUT2D eigenvalue weighted by Gasteiger charge is -2.36. The average Bonchev–Trinajstić information content (AvgIpc) is 2.78. The van der Waals surface area contributed by atoms with Crippen LogP contribution in [0.15, 0.2) is 71.5 Å². The molecule has 0 radical (unpaired) electrons. The Morgan fingerprint density at radius 2 is 1.67 bits per heavy atom. The van der Waals surface area contributed by atoms with Crippen LogP contribution < -0.4 is 10.5 Å². The first-order chi connectivity index (χ1) is 14.7. The van der Waals surface area contributed by atoms with Crippen LogP contribution in [0.2, 0.25) is 0 Å². The Morgan fingerprint density at radius 1 is 0.867 bits per heavy atom. The molecular formula is C26H27N3O. The van der Waals surface area contributed by atoms with Gasteiger partial charge in [0.05, 0.1) is 0 Å². The lowest BCUT2D eigenvalue weighted by molar-refractivity contribution is 0.261. The Kier molecular flexibility index (Phi) is 5.01. The summed E-state index contributed by atoms with van der Waals surface area (Å²) in [6, 6.07) is 23.2. The second kappa shape index (κ2) is 7.96. The van der Waals surface area contributed by atoms with Crippen molar-refractivity contribution < 1.29 is 0 Å². The van der Waals surface area contributed by atoms with Crippen molar-refractivity contribution >= 4 is 27.4 Å². The van der Waals surface area contributed by atoms with Gasteiger partial charge in [-0.2, -0.15) is 0 Å². The van der Waals surface area contributed by atoms with Crippen molar-refractivity contribution in [3.05, 3.63) is 88.2 Å². The van der Waals surface area contributed by atoms with E-state index in [4.69, 9.17) is 0 Å². The molecule has 1 fully saturated rings. The third-order valence-corrected chi connectivity index (χ3v) is 6.26. The maximum atomic E-state index is 12.1. The molecule has 1 aromatic heterocycles. The Labute approximate surface area is 176 Å². The third-order valence-electron chi connectivity index (χ3n) is 6.26. The molecule has 0 atom stereocenters. The highest BCUT2D eigenvalue weighted by molar-refractivity contribution is 5.94. The van der Waals surface area contributed by atoms with Gasteiger partial charge < -0.3 is 9.88 Å². The molecule has 1 aliphatic rings. The second-order valence-electron chi connectivity index (χ2n) is 8.28. The van der Waals surface area contributed by atoms with Crippen LogP contribution >= 0.6 is 0 Å². The van der Waals surface area contributed by atoms with Crippen molar-refractivity contribution in [3.63, 3.8) is 0 Å². The van der Waals surface area contributed by atoms with E-state index in [9.17, 15) is 4.79 Å². The summed E-state index contributed by atoms with van der Waals surface area (Å²) >= 11 is 0. The summed E-state index contributed by atoms with van der Waals surface area (Å²) in [6.07, 6.45) is 0.901. The van der Waals surface area contributed by atoms with Gasteiger partial charge in [-0.1, -0.05) is 48.0 Å². The quantitative estimate of drug-likeness (QED) is 0.556. The summed E-state index contributed by atoms with van der Waals surface area (Å²) in [4.78, 5) is 20.1. The summed E-state index contributed by atoms with van der Waals surface area (Å²) in [7, 11) is 0. The van der Waals surface area contributed by atoms with Crippen molar-refractivity contribution in [1.29, 1.82) is 0 Å². The van der Waals surface area contributed by atoms with E-state index in [0.717, 1.165) is 50.2 Å². The van der Waals surface area contributed by atoms with Gasteiger partial charge in [-0.15, -0.1) is 0 Å². The molecule has 0 amide bonds. The number of aryl methyl sites for hydroxylation is 1. The van der Waals surface area contributed by atoms with Crippen LogP contribution in [0.3, 0.4) is 0 Å². The number of fused-ring (bicyclic) bond motifs is 2. The number of H-pyrrole nitrogens is 1. The fourth-order valence-corrected chi connectivity index (χ4v) is 4.62. The molecule has 0 saturated carbocycles. The fourth-order valence-electron chi connectivity index (χ4n) is 4.62. The monoisotopic (exact) mass is 397 g/mol. The first-order valence-corrected chi connectivity index (χ1v) is 10.7. The number of piperazine rings is 1. The minimum absolute atomic E-state index is 0.0119. The highest BCUT2D eigenvalue weighted by Crippen LogP contribution is 2.27. The highest BCUT2D eigenvalue weighted by Gasteiger charge is 2.18. The molecule has 30 heavy (non-hydrogen) atoms. The molecule has 4 nitrogen and oxygen atoms in total. The van der Waals surface area contributed by atoms with E-state index in [2.05, 4.69) is 76.3 Å². The minimum Gasteiger partial charge on any atom is -0.368 e. The zero-order valence-electron chi connectivity index (χ0n) is 17.4. The molecule has 2 heterocycles. The van der Waals surface area contributed by atoms with Gasteiger partial charge in [0.1, 0.15) is 0 Å². The number of hydrogen-bond donors (Lipinski definition) is 1. The van der Waals surface area contributed by atoms with Crippen molar-refractivity contribution in [1.82, 2.24) is 9.88 Å². The number of rotatable bonds is 4. The van der Waals surface area contributed by atoms with E-state index < -0.39 is 0 Å². The summed E-state index contributed by atoms with van der Waals surface area (Å²) < 4.78 is 0. The minimum atomic E-state index is -0.0119. The number of pyridine rings is 1. The molecule has 3 aromatic carbocycles. The van der Waals surface area contributed by atoms with Crippen molar-refractivity contribution in [2.45, 2.75) is 13.3 Å². The largest absolute Gasteiger partial charge is 0.368 e. The number of nitrogens with zero attached hydrogens (tertiary/aromatic N) is 2. The van der Waals surface area contributed by atoms with Gasteiger partial charge in [0, 0.05) is 60.8 Å². The summed E-state index contributed by atoms with van der Waals surface area (Å²) in [6.45, 7) is 7.23. The van der Waals surface area contributed by atoms with E-state index in [1.54, 1.807) is 6.07 Å². The van der Waals surface area contributed by atoms with Gasteiger partial charge >= 0.3 is 0 Å². The number of aromatic amines is 1. The summed E-state index contributed by atoms with van der Waals surface area (Å²) in [5.41, 5.74) is 4.63. The van der Waals surface area contributed by atoms with Gasteiger partial charge in [-0.3, -0.25) is 9.69 Å². The molecule has 5 rings (SSSR count). The van der Waals surface area contributed by atoms with Crippen LogP contribution in [0.4, 0.5) is 5.69 Å². The number of benzene rings is 3. The smallest absolute Gasteiger partial charge is 0.248 e. The van der Waals surface area contributed by atoms with E-state index in [0.29, 0.717) is 0 Å². The molecule has 1 saturated heterocycles. The number of nitrogens with one attached hydrogen (secondary N) is 1. The van der Waals surface area contributed by atoms with Gasteiger partial charge in [-0.25, -0.2) is 0 Å². The maximum absolute atomic E-state index is 12.1. The summed E-state index contributed by atoms with van der Waals surface area (Å²) in [5.74, 6) is 0. The van der Waals surface area contributed by atoms with Crippen molar-refractivity contribution in [2.24, 2.45) is 0 Å². The normalized spacial score (nSPS) is 15.2. The van der Waals surface area contributed by atoms with Crippen LogP contribution in [-0.2, 0) is 6.42 Å². The Bertz CT molecular complexity index is 1250. The predicted octanol–water partition coefficient (Wildman–Crippen LogP) is 4.35. The zero-order chi connectivity index (χ0) is 20.5. The maximum Gasteiger partial charge on any atom is 0.248 e. The molecule has 0 spiro atoms. The number of aromatic nitrogens is 1. The Hall–Kier alpha value is -3.11. The van der Waals surface area contributed by atoms with E-state index in [-0.39, 0.29) is 5.56 Å². The average molecular weight is 398 g/mol. The highest BCUT2D eigenvalue weighted by atomic mass is 16.1. The zero-order valence-corrected chi connectivity index (χ0v) is 17.4. The predicted molar refractivity (Wildman–Crippen MR) is 126 cm³/mol. The van der Waals surface area contributed by atoms with Gasteiger partial charge in [0.25, 0.3) is 0 Å². The van der Waals surface area contributed by atoms with Crippen LogP contribution in [0, 0.1) is 6.92 Å². The number of anilines is 1.